The van der Waals surface area contributed by atoms with Crippen molar-refractivity contribution in [1.29, 1.82) is 0 Å². The van der Waals surface area contributed by atoms with Gasteiger partial charge >= 0.3 is 0 Å². The van der Waals surface area contributed by atoms with E-state index in [1.165, 1.54) is 0 Å². The van der Waals surface area contributed by atoms with Crippen molar-refractivity contribution in [3.63, 3.8) is 0 Å². The quantitative estimate of drug-likeness (QED) is 0.852. The minimum atomic E-state index is -0.306. The molecule has 3 unspecified atom stereocenters. The van der Waals surface area contributed by atoms with E-state index < -0.39 is 0 Å². The summed E-state index contributed by atoms with van der Waals surface area (Å²) < 4.78 is 1.87. The SMILES string of the molecule is CCn1ncc(C(=O)N2C3CCC2c2cnc(N4CCCC(O)C4)nc2C3)c1C. The lowest BCUT2D eigenvalue weighted by atomic mass is 9.98. The van der Waals surface area contributed by atoms with E-state index >= 15 is 0 Å². The second-order valence-electron chi connectivity index (χ2n) is 8.44. The van der Waals surface area contributed by atoms with E-state index in [4.69, 9.17) is 4.98 Å². The zero-order valence-corrected chi connectivity index (χ0v) is 17.1. The summed E-state index contributed by atoms with van der Waals surface area (Å²) in [6, 6.07) is 0.223. The lowest BCUT2D eigenvalue weighted by Gasteiger charge is -2.36. The zero-order valence-electron chi connectivity index (χ0n) is 17.1. The number of carbonyl (C=O) groups is 1. The van der Waals surface area contributed by atoms with Crippen LogP contribution < -0.4 is 4.90 Å². The van der Waals surface area contributed by atoms with Crippen LogP contribution in [-0.4, -0.2) is 60.9 Å². The van der Waals surface area contributed by atoms with Crippen molar-refractivity contribution in [1.82, 2.24) is 24.6 Å². The van der Waals surface area contributed by atoms with Gasteiger partial charge in [0.2, 0.25) is 5.95 Å². The molecule has 5 heterocycles. The number of nitrogens with zero attached hydrogens (tertiary/aromatic N) is 6. The van der Waals surface area contributed by atoms with E-state index in [1.807, 2.05) is 29.6 Å². The van der Waals surface area contributed by atoms with Crippen LogP contribution in [0.1, 0.15) is 66.0 Å². The molecule has 0 saturated carbocycles. The predicted octanol–water partition coefficient (Wildman–Crippen LogP) is 1.86. The molecule has 154 valence electrons. The Morgan fingerprint density at radius 3 is 2.90 bits per heavy atom. The molecule has 3 atom stereocenters. The smallest absolute Gasteiger partial charge is 0.258 e. The first kappa shape index (κ1) is 18.5. The third-order valence-electron chi connectivity index (χ3n) is 6.72. The number of aliphatic hydroxyl groups excluding tert-OH is 1. The third-order valence-corrected chi connectivity index (χ3v) is 6.72. The molecule has 2 bridgehead atoms. The fourth-order valence-corrected chi connectivity index (χ4v) is 5.18. The highest BCUT2D eigenvalue weighted by molar-refractivity contribution is 5.96. The van der Waals surface area contributed by atoms with Gasteiger partial charge in [0.05, 0.1) is 29.6 Å². The summed E-state index contributed by atoms with van der Waals surface area (Å²) in [6.07, 6.45) is 7.83. The molecule has 2 aromatic rings. The third kappa shape index (κ3) is 3.01. The molecule has 2 saturated heterocycles. The molecule has 0 aliphatic carbocycles. The van der Waals surface area contributed by atoms with E-state index in [2.05, 4.69) is 15.0 Å². The molecule has 0 aromatic carbocycles. The molecule has 29 heavy (non-hydrogen) atoms. The summed E-state index contributed by atoms with van der Waals surface area (Å²) >= 11 is 0. The van der Waals surface area contributed by atoms with E-state index in [9.17, 15) is 9.90 Å². The van der Waals surface area contributed by atoms with Crippen LogP contribution in [0, 0.1) is 6.92 Å². The molecule has 1 N–H and O–H groups in total. The Hall–Kier alpha value is -2.48. The summed E-state index contributed by atoms with van der Waals surface area (Å²) in [5.41, 5.74) is 3.77. The van der Waals surface area contributed by atoms with Crippen LogP contribution >= 0.6 is 0 Å². The topological polar surface area (TPSA) is 87.4 Å². The number of aryl methyl sites for hydroxylation is 1. The van der Waals surface area contributed by atoms with Gasteiger partial charge in [-0.25, -0.2) is 9.97 Å². The number of aliphatic hydroxyl groups is 1. The number of carbonyl (C=O) groups excluding carboxylic acids is 1. The summed E-state index contributed by atoms with van der Waals surface area (Å²) in [5.74, 6) is 0.783. The standard InChI is InChI=1S/C21H28N6O2/c1-3-26-13(2)16(11-23-26)20(29)27-14-6-7-19(27)17-10-22-21(24-18(17)9-14)25-8-4-5-15(28)12-25/h10-11,14-15,19,28H,3-9,12H2,1-2H3. The van der Waals surface area contributed by atoms with Gasteiger partial charge in [-0.3, -0.25) is 9.48 Å². The molecule has 3 aliphatic heterocycles. The molecule has 2 fully saturated rings. The molecule has 0 radical (unpaired) electrons. The highest BCUT2D eigenvalue weighted by Crippen LogP contribution is 2.44. The number of piperidine rings is 1. The van der Waals surface area contributed by atoms with Crippen molar-refractivity contribution in [2.45, 2.75) is 70.7 Å². The van der Waals surface area contributed by atoms with Gasteiger partial charge in [0, 0.05) is 49.6 Å². The second-order valence-corrected chi connectivity index (χ2v) is 8.44. The fourth-order valence-electron chi connectivity index (χ4n) is 5.18. The first-order chi connectivity index (χ1) is 14.1. The first-order valence-corrected chi connectivity index (χ1v) is 10.7. The summed E-state index contributed by atoms with van der Waals surface area (Å²) in [6.45, 7) is 6.24. The molecular formula is C21H28N6O2. The van der Waals surface area contributed by atoms with Gasteiger partial charge in [0.1, 0.15) is 0 Å². The van der Waals surface area contributed by atoms with Gasteiger partial charge in [-0.05, 0) is 39.5 Å². The summed E-state index contributed by atoms with van der Waals surface area (Å²) in [5, 5.41) is 14.3. The first-order valence-electron chi connectivity index (χ1n) is 10.7. The minimum absolute atomic E-state index is 0.0432. The van der Waals surface area contributed by atoms with Gasteiger partial charge < -0.3 is 14.9 Å². The van der Waals surface area contributed by atoms with Gasteiger partial charge in [-0.2, -0.15) is 5.10 Å². The lowest BCUT2D eigenvalue weighted by Crippen LogP contribution is -2.43. The van der Waals surface area contributed by atoms with Crippen LogP contribution in [-0.2, 0) is 13.0 Å². The van der Waals surface area contributed by atoms with Crippen molar-refractivity contribution in [2.75, 3.05) is 18.0 Å². The van der Waals surface area contributed by atoms with E-state index in [0.717, 1.165) is 62.1 Å². The van der Waals surface area contributed by atoms with E-state index in [-0.39, 0.29) is 24.1 Å². The lowest BCUT2D eigenvalue weighted by molar-refractivity contribution is 0.0643. The van der Waals surface area contributed by atoms with Crippen LogP contribution in [0.4, 0.5) is 5.95 Å². The van der Waals surface area contributed by atoms with E-state index in [1.54, 1.807) is 6.20 Å². The molecule has 8 heteroatoms. The Morgan fingerprint density at radius 2 is 2.14 bits per heavy atom. The largest absolute Gasteiger partial charge is 0.391 e. The van der Waals surface area contributed by atoms with Gasteiger partial charge in [-0.15, -0.1) is 0 Å². The molecule has 2 aromatic heterocycles. The molecule has 3 aliphatic rings. The van der Waals surface area contributed by atoms with Crippen LogP contribution in [0.15, 0.2) is 12.4 Å². The highest BCUT2D eigenvalue weighted by Gasteiger charge is 2.44. The number of anilines is 1. The van der Waals surface area contributed by atoms with Crippen molar-refractivity contribution in [3.8, 4) is 0 Å². The van der Waals surface area contributed by atoms with Crippen LogP contribution in [0.2, 0.25) is 0 Å². The number of aromatic nitrogens is 4. The van der Waals surface area contributed by atoms with Crippen molar-refractivity contribution in [2.24, 2.45) is 0 Å². The maximum atomic E-state index is 13.4. The summed E-state index contributed by atoms with van der Waals surface area (Å²) in [7, 11) is 0. The maximum absolute atomic E-state index is 13.4. The van der Waals surface area contributed by atoms with Gasteiger partial charge in [-0.1, -0.05) is 0 Å². The minimum Gasteiger partial charge on any atom is -0.391 e. The molecule has 5 rings (SSSR count). The van der Waals surface area contributed by atoms with Crippen LogP contribution in [0.25, 0.3) is 0 Å². The number of amides is 1. The van der Waals surface area contributed by atoms with Crippen molar-refractivity contribution < 1.29 is 9.90 Å². The number of fused-ring (bicyclic) bond motifs is 4. The van der Waals surface area contributed by atoms with Gasteiger partial charge in [0.25, 0.3) is 5.91 Å². The second kappa shape index (κ2) is 7.09. The Kier molecular flexibility index (Phi) is 4.53. The van der Waals surface area contributed by atoms with E-state index in [0.29, 0.717) is 18.1 Å². The normalized spacial score (nSPS) is 26.0. The molecule has 1 amide bonds. The fraction of sp³-hybridized carbons (Fsp3) is 0.619. The Labute approximate surface area is 170 Å². The van der Waals surface area contributed by atoms with Crippen LogP contribution in [0.5, 0.6) is 0 Å². The molecule has 8 nitrogen and oxygen atoms in total. The Morgan fingerprint density at radius 1 is 1.28 bits per heavy atom. The zero-order chi connectivity index (χ0) is 20.1. The maximum Gasteiger partial charge on any atom is 0.258 e. The summed E-state index contributed by atoms with van der Waals surface area (Å²) in [4.78, 5) is 27.0. The number of hydrogen-bond donors (Lipinski definition) is 1. The average Bonchev–Trinajstić information content (AvgIpc) is 3.25. The number of rotatable bonds is 3. The van der Waals surface area contributed by atoms with Crippen molar-refractivity contribution >= 4 is 11.9 Å². The van der Waals surface area contributed by atoms with Gasteiger partial charge in [0.15, 0.2) is 0 Å². The van der Waals surface area contributed by atoms with Crippen LogP contribution in [0.3, 0.4) is 0 Å². The number of β-amino-alcohol motifs (C(OH)–C–C–N with tert-alkyl or cyclic N) is 1. The monoisotopic (exact) mass is 396 g/mol. The molecular weight excluding hydrogens is 368 g/mol. The number of hydrogen-bond acceptors (Lipinski definition) is 6. The Bertz CT molecular complexity index is 941. The van der Waals surface area contributed by atoms with Crippen molar-refractivity contribution in [3.05, 3.63) is 34.9 Å². The predicted molar refractivity (Wildman–Crippen MR) is 108 cm³/mol. The molecule has 0 spiro atoms. The average molecular weight is 396 g/mol. The highest BCUT2D eigenvalue weighted by atomic mass is 16.3. The Balaban J connectivity index is 1.43.